The van der Waals surface area contributed by atoms with Gasteiger partial charge in [0.15, 0.2) is 11.6 Å². The lowest BCUT2D eigenvalue weighted by molar-refractivity contribution is 0.271. The van der Waals surface area contributed by atoms with Crippen molar-refractivity contribution >= 4 is 21.7 Å². The van der Waals surface area contributed by atoms with Gasteiger partial charge in [0.2, 0.25) is 0 Å². The summed E-state index contributed by atoms with van der Waals surface area (Å²) in [5.74, 6) is -0.182. The zero-order valence-corrected chi connectivity index (χ0v) is 8.26. The van der Waals surface area contributed by atoms with Crippen molar-refractivity contribution in [2.45, 2.75) is 6.17 Å². The topological polar surface area (TPSA) is 16.1 Å². The average Bonchev–Trinajstić information content (AvgIpc) is 2.00. The van der Waals surface area contributed by atoms with E-state index in [2.05, 4.69) is 20.9 Å². The number of hydrogen-bond donors (Lipinski definition) is 0. The van der Waals surface area contributed by atoms with Crippen LogP contribution in [0.15, 0.2) is 16.7 Å². The third-order valence-corrected chi connectivity index (χ3v) is 2.36. The summed E-state index contributed by atoms with van der Waals surface area (Å²) in [6.45, 7) is 0.483. The Bertz CT molecular complexity index is 326. The van der Waals surface area contributed by atoms with Gasteiger partial charge >= 0.3 is 0 Å². The summed E-state index contributed by atoms with van der Waals surface area (Å²) in [6.07, 6.45) is 0.661. The van der Waals surface area contributed by atoms with Gasteiger partial charge in [0, 0.05) is 10.7 Å². The van der Waals surface area contributed by atoms with Gasteiger partial charge in [-0.3, -0.25) is 0 Å². The van der Waals surface area contributed by atoms with Crippen LogP contribution >= 0.6 is 15.9 Å². The van der Waals surface area contributed by atoms with Crippen molar-refractivity contribution in [3.63, 3.8) is 0 Å². The number of aromatic nitrogens is 1. The van der Waals surface area contributed by atoms with E-state index < -0.39 is 12.0 Å². The molecule has 0 amide bonds. The Morgan fingerprint density at radius 3 is 2.77 bits per heavy atom. The number of nitrogens with zero attached hydrogens (tertiary/aromatic N) is 2. The van der Waals surface area contributed by atoms with Crippen molar-refractivity contribution in [3.8, 4) is 0 Å². The normalized spacial score (nSPS) is 17.3. The number of rotatable bonds is 1. The quantitative estimate of drug-likeness (QED) is 0.758. The lowest BCUT2D eigenvalue weighted by atomic mass is 10.2. The van der Waals surface area contributed by atoms with Crippen LogP contribution in [0, 0.1) is 5.82 Å². The summed E-state index contributed by atoms with van der Waals surface area (Å²) in [6, 6.07) is 1.33. The second-order valence-electron chi connectivity index (χ2n) is 2.96. The SMILES string of the molecule is Fc1cc(Br)cnc1N1CC(F)C1. The van der Waals surface area contributed by atoms with Crippen molar-refractivity contribution in [2.24, 2.45) is 0 Å². The van der Waals surface area contributed by atoms with Crippen LogP contribution in [0.5, 0.6) is 0 Å². The summed E-state index contributed by atoms with van der Waals surface area (Å²) >= 11 is 3.10. The zero-order chi connectivity index (χ0) is 9.42. The minimum Gasteiger partial charge on any atom is -0.348 e. The molecule has 1 aromatic rings. The fourth-order valence-corrected chi connectivity index (χ4v) is 1.54. The van der Waals surface area contributed by atoms with E-state index >= 15 is 0 Å². The van der Waals surface area contributed by atoms with Gasteiger partial charge in [-0.05, 0) is 22.0 Å². The first-order chi connectivity index (χ1) is 6.16. The molecule has 0 aromatic carbocycles. The molecule has 1 aliphatic rings. The summed E-state index contributed by atoms with van der Waals surface area (Å²) in [4.78, 5) is 5.45. The highest BCUT2D eigenvalue weighted by atomic mass is 79.9. The van der Waals surface area contributed by atoms with Gasteiger partial charge in [-0.1, -0.05) is 0 Å². The minimum atomic E-state index is -0.843. The van der Waals surface area contributed by atoms with Gasteiger partial charge < -0.3 is 4.90 Å². The molecule has 70 valence electrons. The van der Waals surface area contributed by atoms with Crippen LogP contribution in [-0.2, 0) is 0 Å². The summed E-state index contributed by atoms with van der Waals surface area (Å²) in [7, 11) is 0. The molecule has 0 spiro atoms. The Morgan fingerprint density at radius 1 is 1.54 bits per heavy atom. The number of hydrogen-bond acceptors (Lipinski definition) is 2. The van der Waals surface area contributed by atoms with Crippen molar-refractivity contribution in [1.82, 2.24) is 4.98 Å². The number of anilines is 1. The number of halogens is 3. The molecule has 0 saturated carbocycles. The van der Waals surface area contributed by atoms with Crippen LogP contribution in [0.2, 0.25) is 0 Å². The fourth-order valence-electron chi connectivity index (χ4n) is 1.24. The first-order valence-electron chi connectivity index (χ1n) is 3.87. The van der Waals surface area contributed by atoms with E-state index in [-0.39, 0.29) is 18.9 Å². The van der Waals surface area contributed by atoms with E-state index in [0.717, 1.165) is 0 Å². The second-order valence-corrected chi connectivity index (χ2v) is 3.88. The predicted octanol–water partition coefficient (Wildman–Crippen LogP) is 2.14. The summed E-state index contributed by atoms with van der Waals surface area (Å²) in [5, 5.41) is 0. The summed E-state index contributed by atoms with van der Waals surface area (Å²) in [5.41, 5.74) is 0. The Balaban J connectivity index is 2.21. The molecular weight excluding hydrogens is 242 g/mol. The first-order valence-corrected chi connectivity index (χ1v) is 4.66. The molecule has 2 nitrogen and oxygen atoms in total. The first kappa shape index (κ1) is 8.87. The van der Waals surface area contributed by atoms with Gasteiger partial charge in [0.1, 0.15) is 6.17 Å². The Labute approximate surface area is 82.7 Å². The van der Waals surface area contributed by atoms with Crippen LogP contribution in [0.3, 0.4) is 0 Å². The van der Waals surface area contributed by atoms with Gasteiger partial charge in [-0.25, -0.2) is 13.8 Å². The smallest absolute Gasteiger partial charge is 0.166 e. The molecule has 1 aliphatic heterocycles. The maximum Gasteiger partial charge on any atom is 0.166 e. The lowest BCUT2D eigenvalue weighted by Gasteiger charge is -2.35. The molecule has 0 unspecified atom stereocenters. The van der Waals surface area contributed by atoms with E-state index in [0.29, 0.717) is 4.47 Å². The van der Waals surface area contributed by atoms with Gasteiger partial charge in [-0.15, -0.1) is 0 Å². The average molecular weight is 249 g/mol. The molecule has 1 fully saturated rings. The van der Waals surface area contributed by atoms with Crippen LogP contribution < -0.4 is 4.90 Å². The van der Waals surface area contributed by atoms with Gasteiger partial charge in [-0.2, -0.15) is 0 Å². The highest BCUT2D eigenvalue weighted by Gasteiger charge is 2.29. The molecule has 1 aromatic heterocycles. The van der Waals surface area contributed by atoms with Gasteiger partial charge in [0.25, 0.3) is 0 Å². The highest BCUT2D eigenvalue weighted by Crippen LogP contribution is 2.24. The van der Waals surface area contributed by atoms with Crippen molar-refractivity contribution in [1.29, 1.82) is 0 Å². The van der Waals surface area contributed by atoms with E-state index in [4.69, 9.17) is 0 Å². The molecule has 0 bridgehead atoms. The van der Waals surface area contributed by atoms with E-state index in [1.165, 1.54) is 12.3 Å². The third kappa shape index (κ3) is 1.65. The third-order valence-electron chi connectivity index (χ3n) is 1.92. The zero-order valence-electron chi connectivity index (χ0n) is 6.67. The largest absolute Gasteiger partial charge is 0.348 e. The van der Waals surface area contributed by atoms with E-state index in [1.807, 2.05) is 0 Å². The fraction of sp³-hybridized carbons (Fsp3) is 0.375. The Morgan fingerprint density at radius 2 is 2.23 bits per heavy atom. The van der Waals surface area contributed by atoms with Crippen LogP contribution in [0.4, 0.5) is 14.6 Å². The molecule has 0 atom stereocenters. The number of pyridine rings is 1. The van der Waals surface area contributed by atoms with Gasteiger partial charge in [0.05, 0.1) is 13.1 Å². The standard InChI is InChI=1S/C8H7BrF2N2/c9-5-1-7(11)8(12-2-5)13-3-6(10)4-13/h1-2,6H,3-4H2. The molecule has 0 radical (unpaired) electrons. The van der Waals surface area contributed by atoms with E-state index in [9.17, 15) is 8.78 Å². The molecule has 1 saturated heterocycles. The minimum absolute atomic E-state index is 0.233. The van der Waals surface area contributed by atoms with Crippen LogP contribution in [-0.4, -0.2) is 24.2 Å². The molecule has 0 N–H and O–H groups in total. The van der Waals surface area contributed by atoms with Crippen LogP contribution in [0.25, 0.3) is 0 Å². The highest BCUT2D eigenvalue weighted by molar-refractivity contribution is 9.10. The molecule has 5 heteroatoms. The van der Waals surface area contributed by atoms with Crippen molar-refractivity contribution in [2.75, 3.05) is 18.0 Å². The monoisotopic (exact) mass is 248 g/mol. The Hall–Kier alpha value is -0.710. The molecule has 2 heterocycles. The summed E-state index contributed by atoms with van der Waals surface area (Å²) < 4.78 is 26.2. The molecule has 0 aliphatic carbocycles. The van der Waals surface area contributed by atoms with Crippen molar-refractivity contribution < 1.29 is 8.78 Å². The number of alkyl halides is 1. The molecule has 2 rings (SSSR count). The lowest BCUT2D eigenvalue weighted by Crippen LogP contribution is -2.49. The predicted molar refractivity (Wildman–Crippen MR) is 49.0 cm³/mol. The van der Waals surface area contributed by atoms with Crippen molar-refractivity contribution in [3.05, 3.63) is 22.6 Å². The second kappa shape index (κ2) is 3.21. The van der Waals surface area contributed by atoms with E-state index in [1.54, 1.807) is 4.90 Å². The molecule has 13 heavy (non-hydrogen) atoms. The van der Waals surface area contributed by atoms with Crippen LogP contribution in [0.1, 0.15) is 0 Å². The molecular formula is C8H7BrF2N2. The maximum absolute atomic E-state index is 13.2. The Kier molecular flexibility index (Phi) is 2.19. The maximum atomic E-state index is 13.2.